The van der Waals surface area contributed by atoms with Gasteiger partial charge in [-0.3, -0.25) is 0 Å². The molecule has 2 amide bonds. The lowest BCUT2D eigenvalue weighted by Crippen LogP contribution is -2.34. The maximum absolute atomic E-state index is 13.5. The summed E-state index contributed by atoms with van der Waals surface area (Å²) in [5, 5.41) is 2.86. The quantitative estimate of drug-likeness (QED) is 0.887. The molecule has 120 valence electrons. The SMILES string of the molecule is CCc1ccccc1NC(=O)N1CCS[C@@H]1c1cccc(F)c1. The summed E-state index contributed by atoms with van der Waals surface area (Å²) < 4.78 is 13.5. The number of para-hydroxylation sites is 1. The number of hydrogen-bond acceptors (Lipinski definition) is 2. The van der Waals surface area contributed by atoms with Crippen molar-refractivity contribution in [1.82, 2.24) is 4.90 Å². The third kappa shape index (κ3) is 3.50. The summed E-state index contributed by atoms with van der Waals surface area (Å²) in [5.74, 6) is 0.580. The van der Waals surface area contributed by atoms with E-state index < -0.39 is 0 Å². The Balaban J connectivity index is 1.78. The molecule has 1 atom stereocenters. The van der Waals surface area contributed by atoms with Crippen LogP contribution in [0.5, 0.6) is 0 Å². The molecule has 1 heterocycles. The number of thioether (sulfide) groups is 1. The molecule has 3 nitrogen and oxygen atoms in total. The summed E-state index contributed by atoms with van der Waals surface area (Å²) in [7, 11) is 0. The molecule has 0 aromatic heterocycles. The number of amides is 2. The molecule has 3 rings (SSSR count). The number of nitrogens with one attached hydrogen (secondary N) is 1. The van der Waals surface area contributed by atoms with E-state index in [4.69, 9.17) is 0 Å². The predicted molar refractivity (Wildman–Crippen MR) is 93.1 cm³/mol. The van der Waals surface area contributed by atoms with Crippen molar-refractivity contribution < 1.29 is 9.18 Å². The van der Waals surface area contributed by atoms with E-state index in [0.717, 1.165) is 29.0 Å². The van der Waals surface area contributed by atoms with E-state index in [9.17, 15) is 9.18 Å². The predicted octanol–water partition coefficient (Wildman–Crippen LogP) is 4.67. The number of hydrogen-bond donors (Lipinski definition) is 1. The molecular formula is C18H19FN2OS. The highest BCUT2D eigenvalue weighted by molar-refractivity contribution is 7.99. The Labute approximate surface area is 139 Å². The van der Waals surface area contributed by atoms with Crippen LogP contribution in [0, 0.1) is 5.82 Å². The molecule has 0 bridgehead atoms. The van der Waals surface area contributed by atoms with Crippen LogP contribution in [-0.4, -0.2) is 23.2 Å². The van der Waals surface area contributed by atoms with Crippen molar-refractivity contribution in [3.8, 4) is 0 Å². The molecule has 1 fully saturated rings. The number of carbonyl (C=O) groups excluding carboxylic acids is 1. The van der Waals surface area contributed by atoms with Gasteiger partial charge in [0.05, 0.1) is 0 Å². The highest BCUT2D eigenvalue weighted by atomic mass is 32.2. The number of nitrogens with zero attached hydrogens (tertiary/aromatic N) is 1. The van der Waals surface area contributed by atoms with E-state index in [0.29, 0.717) is 6.54 Å². The third-order valence-electron chi connectivity index (χ3n) is 3.93. The second kappa shape index (κ2) is 7.04. The topological polar surface area (TPSA) is 32.3 Å². The van der Waals surface area contributed by atoms with Crippen LogP contribution in [0.1, 0.15) is 23.4 Å². The van der Waals surface area contributed by atoms with Gasteiger partial charge in [0.25, 0.3) is 0 Å². The Kier molecular flexibility index (Phi) is 4.86. The van der Waals surface area contributed by atoms with Crippen LogP contribution >= 0.6 is 11.8 Å². The normalized spacial score (nSPS) is 17.3. The lowest BCUT2D eigenvalue weighted by Gasteiger charge is -2.25. The maximum Gasteiger partial charge on any atom is 0.323 e. The van der Waals surface area contributed by atoms with Crippen molar-refractivity contribution in [2.24, 2.45) is 0 Å². The molecule has 1 N–H and O–H groups in total. The first-order valence-corrected chi connectivity index (χ1v) is 8.76. The summed E-state index contributed by atoms with van der Waals surface area (Å²) in [6, 6.07) is 14.2. The summed E-state index contributed by atoms with van der Waals surface area (Å²) in [5.41, 5.74) is 2.77. The van der Waals surface area contributed by atoms with Crippen LogP contribution in [0.4, 0.5) is 14.9 Å². The van der Waals surface area contributed by atoms with E-state index in [1.165, 1.54) is 12.1 Å². The second-order valence-electron chi connectivity index (χ2n) is 5.41. The number of urea groups is 1. The van der Waals surface area contributed by atoms with Gasteiger partial charge in [-0.1, -0.05) is 37.3 Å². The van der Waals surface area contributed by atoms with Crippen LogP contribution in [-0.2, 0) is 6.42 Å². The first kappa shape index (κ1) is 15.9. The average Bonchev–Trinajstić information content (AvgIpc) is 3.05. The van der Waals surface area contributed by atoms with Gasteiger partial charge in [-0.05, 0) is 35.7 Å². The summed E-state index contributed by atoms with van der Waals surface area (Å²) in [6.45, 7) is 2.72. The van der Waals surface area contributed by atoms with E-state index in [1.54, 1.807) is 22.7 Å². The number of rotatable bonds is 3. The van der Waals surface area contributed by atoms with Gasteiger partial charge >= 0.3 is 6.03 Å². The number of benzene rings is 2. The van der Waals surface area contributed by atoms with Crippen molar-refractivity contribution in [3.05, 3.63) is 65.5 Å². The van der Waals surface area contributed by atoms with Gasteiger partial charge in [0.1, 0.15) is 11.2 Å². The van der Waals surface area contributed by atoms with Crippen molar-refractivity contribution in [3.63, 3.8) is 0 Å². The number of anilines is 1. The third-order valence-corrected chi connectivity index (χ3v) is 5.19. The van der Waals surface area contributed by atoms with Crippen LogP contribution in [0.3, 0.4) is 0 Å². The smallest absolute Gasteiger partial charge is 0.308 e. The molecule has 0 aliphatic carbocycles. The maximum atomic E-state index is 13.5. The molecule has 2 aromatic carbocycles. The van der Waals surface area contributed by atoms with Crippen molar-refractivity contribution in [2.75, 3.05) is 17.6 Å². The molecular weight excluding hydrogens is 311 g/mol. The van der Waals surface area contributed by atoms with E-state index in [2.05, 4.69) is 12.2 Å². The zero-order valence-corrected chi connectivity index (χ0v) is 13.8. The van der Waals surface area contributed by atoms with Gasteiger partial charge in [0.15, 0.2) is 0 Å². The monoisotopic (exact) mass is 330 g/mol. The van der Waals surface area contributed by atoms with Gasteiger partial charge in [-0.15, -0.1) is 11.8 Å². The van der Waals surface area contributed by atoms with Crippen molar-refractivity contribution in [1.29, 1.82) is 0 Å². The number of aryl methyl sites for hydroxylation is 1. The standard InChI is InChI=1S/C18H19FN2OS/c1-2-13-6-3-4-9-16(13)20-18(22)21-10-11-23-17(21)14-7-5-8-15(19)12-14/h3-9,12,17H,2,10-11H2,1H3,(H,20,22)/t17-/m1/s1. The fourth-order valence-corrected chi connectivity index (χ4v) is 4.00. The van der Waals surface area contributed by atoms with E-state index in [1.807, 2.05) is 30.3 Å². The minimum Gasteiger partial charge on any atom is -0.308 e. The zero-order chi connectivity index (χ0) is 16.2. The summed E-state index contributed by atoms with van der Waals surface area (Å²) in [4.78, 5) is 14.4. The van der Waals surface area contributed by atoms with Crippen LogP contribution in [0.2, 0.25) is 0 Å². The van der Waals surface area contributed by atoms with Gasteiger partial charge in [-0.2, -0.15) is 0 Å². The lowest BCUT2D eigenvalue weighted by molar-refractivity contribution is 0.214. The van der Waals surface area contributed by atoms with Crippen LogP contribution in [0.25, 0.3) is 0 Å². The van der Waals surface area contributed by atoms with E-state index >= 15 is 0 Å². The fraction of sp³-hybridized carbons (Fsp3) is 0.278. The minimum atomic E-state index is -0.272. The molecule has 1 saturated heterocycles. The molecule has 1 aliphatic rings. The summed E-state index contributed by atoms with van der Waals surface area (Å²) in [6.07, 6.45) is 0.860. The highest BCUT2D eigenvalue weighted by Crippen LogP contribution is 2.38. The largest absolute Gasteiger partial charge is 0.323 e. The molecule has 23 heavy (non-hydrogen) atoms. The Hall–Kier alpha value is -2.01. The Bertz CT molecular complexity index is 707. The molecule has 0 saturated carbocycles. The molecule has 5 heteroatoms. The van der Waals surface area contributed by atoms with Crippen molar-refractivity contribution >= 4 is 23.5 Å². The Morgan fingerprint density at radius 3 is 2.91 bits per heavy atom. The molecule has 2 aromatic rings. The Morgan fingerprint density at radius 1 is 1.30 bits per heavy atom. The first-order valence-electron chi connectivity index (χ1n) is 7.71. The Morgan fingerprint density at radius 2 is 2.13 bits per heavy atom. The number of halogens is 1. The van der Waals surface area contributed by atoms with Gasteiger partial charge in [0.2, 0.25) is 0 Å². The second-order valence-corrected chi connectivity index (χ2v) is 6.60. The average molecular weight is 330 g/mol. The lowest BCUT2D eigenvalue weighted by atomic mass is 10.1. The van der Waals surface area contributed by atoms with Crippen molar-refractivity contribution in [2.45, 2.75) is 18.7 Å². The molecule has 0 spiro atoms. The molecule has 0 radical (unpaired) electrons. The van der Waals surface area contributed by atoms with E-state index in [-0.39, 0.29) is 17.2 Å². The fourth-order valence-electron chi connectivity index (χ4n) is 2.75. The minimum absolute atomic E-state index is 0.134. The van der Waals surface area contributed by atoms with Gasteiger partial charge in [-0.25, -0.2) is 9.18 Å². The molecule has 0 unspecified atom stereocenters. The number of carbonyl (C=O) groups is 1. The van der Waals surface area contributed by atoms with Gasteiger partial charge in [0, 0.05) is 18.0 Å². The van der Waals surface area contributed by atoms with Crippen LogP contribution in [0.15, 0.2) is 48.5 Å². The zero-order valence-electron chi connectivity index (χ0n) is 13.0. The first-order chi connectivity index (χ1) is 11.2. The molecule has 1 aliphatic heterocycles. The van der Waals surface area contributed by atoms with Gasteiger partial charge < -0.3 is 10.2 Å². The highest BCUT2D eigenvalue weighted by Gasteiger charge is 2.31. The summed E-state index contributed by atoms with van der Waals surface area (Å²) >= 11 is 1.66. The van der Waals surface area contributed by atoms with Crippen LogP contribution < -0.4 is 5.32 Å².